The molecule has 0 bridgehead atoms. The number of rotatable bonds is 8. The van der Waals surface area contributed by atoms with E-state index in [-0.39, 0.29) is 24.2 Å². The highest BCUT2D eigenvalue weighted by Crippen LogP contribution is 2.44. The van der Waals surface area contributed by atoms with E-state index in [1.807, 2.05) is 24.3 Å². The van der Waals surface area contributed by atoms with Crippen LogP contribution < -0.4 is 10.6 Å². The van der Waals surface area contributed by atoms with E-state index in [1.54, 1.807) is 13.8 Å². The molecule has 0 saturated heterocycles. The molecule has 3 N–H and O–H groups in total. The Hall–Kier alpha value is -3.35. The zero-order valence-corrected chi connectivity index (χ0v) is 20.4. The van der Waals surface area contributed by atoms with Gasteiger partial charge in [0.05, 0.1) is 6.42 Å². The third kappa shape index (κ3) is 6.02. The minimum absolute atomic E-state index is 0.0347. The van der Waals surface area contributed by atoms with Crippen LogP contribution in [0.5, 0.6) is 0 Å². The number of carboxylic acid groups (broad SMARTS) is 1. The summed E-state index contributed by atoms with van der Waals surface area (Å²) in [4.78, 5) is 36.0. The third-order valence-electron chi connectivity index (χ3n) is 7.15. The zero-order chi connectivity index (χ0) is 25.0. The van der Waals surface area contributed by atoms with Gasteiger partial charge in [-0.3, -0.25) is 9.59 Å². The number of nitrogens with one attached hydrogen (secondary N) is 2. The van der Waals surface area contributed by atoms with E-state index in [0.29, 0.717) is 19.1 Å². The van der Waals surface area contributed by atoms with E-state index < -0.39 is 17.6 Å². The summed E-state index contributed by atoms with van der Waals surface area (Å²) in [7, 11) is 0. The average molecular weight is 479 g/mol. The summed E-state index contributed by atoms with van der Waals surface area (Å²) in [5, 5.41) is 14.8. The number of carboxylic acids is 1. The standard InChI is InChI=1S/C28H34N2O5/c1-28(2,15-25(31)32)30-26(33)19-13-11-18(12-14-19)16-29-27(34)35-17-24-22-9-5-3-7-20(22)21-8-4-6-10-23(21)24/h3-10,18-19,24H,11-17H2,1-2H3,(H,29,34)(H,30,33)(H,31,32). The molecule has 1 saturated carbocycles. The Bertz CT molecular complexity index is 1040. The number of carbonyl (C=O) groups excluding carboxylic acids is 2. The van der Waals surface area contributed by atoms with Crippen LogP contribution >= 0.6 is 0 Å². The summed E-state index contributed by atoms with van der Waals surface area (Å²) in [6, 6.07) is 16.5. The molecule has 0 spiro atoms. The molecule has 0 atom stereocenters. The van der Waals surface area contributed by atoms with Crippen LogP contribution in [0.4, 0.5) is 4.79 Å². The Morgan fingerprint density at radius 2 is 1.51 bits per heavy atom. The first-order valence-electron chi connectivity index (χ1n) is 12.4. The second-order valence-electron chi connectivity index (χ2n) is 10.4. The lowest BCUT2D eigenvalue weighted by atomic mass is 9.81. The van der Waals surface area contributed by atoms with Gasteiger partial charge in [0.25, 0.3) is 0 Å². The molecule has 186 valence electrons. The van der Waals surface area contributed by atoms with Gasteiger partial charge in [-0.1, -0.05) is 48.5 Å². The molecule has 2 amide bonds. The zero-order valence-electron chi connectivity index (χ0n) is 20.4. The largest absolute Gasteiger partial charge is 0.481 e. The Balaban J connectivity index is 1.21. The van der Waals surface area contributed by atoms with Crippen molar-refractivity contribution in [1.82, 2.24) is 10.6 Å². The molecule has 35 heavy (non-hydrogen) atoms. The molecular formula is C28H34N2O5. The molecule has 0 radical (unpaired) electrons. The highest BCUT2D eigenvalue weighted by Gasteiger charge is 2.32. The molecular weight excluding hydrogens is 444 g/mol. The second kappa shape index (κ2) is 10.5. The summed E-state index contributed by atoms with van der Waals surface area (Å²) in [6.45, 7) is 4.26. The predicted octanol–water partition coefficient (Wildman–Crippen LogP) is 4.70. The van der Waals surface area contributed by atoms with Gasteiger partial charge in [0.2, 0.25) is 5.91 Å². The number of alkyl carbamates (subject to hydrolysis) is 1. The molecule has 7 heteroatoms. The molecule has 0 aromatic heterocycles. The first-order chi connectivity index (χ1) is 16.7. The van der Waals surface area contributed by atoms with Gasteiger partial charge in [-0.05, 0) is 67.7 Å². The molecule has 2 aromatic carbocycles. The molecule has 4 rings (SSSR count). The van der Waals surface area contributed by atoms with Crippen LogP contribution in [0, 0.1) is 11.8 Å². The molecule has 0 aliphatic heterocycles. The highest BCUT2D eigenvalue weighted by atomic mass is 16.5. The van der Waals surface area contributed by atoms with Crippen LogP contribution in [0.3, 0.4) is 0 Å². The molecule has 0 unspecified atom stereocenters. The molecule has 2 aliphatic carbocycles. The van der Waals surface area contributed by atoms with Crippen LogP contribution in [-0.2, 0) is 14.3 Å². The summed E-state index contributed by atoms with van der Waals surface area (Å²) >= 11 is 0. The van der Waals surface area contributed by atoms with Gasteiger partial charge in [-0.15, -0.1) is 0 Å². The van der Waals surface area contributed by atoms with Crippen LogP contribution in [0.25, 0.3) is 11.1 Å². The Morgan fingerprint density at radius 3 is 2.09 bits per heavy atom. The fourth-order valence-electron chi connectivity index (χ4n) is 5.36. The van der Waals surface area contributed by atoms with Crippen LogP contribution in [0.2, 0.25) is 0 Å². The first kappa shape index (κ1) is 24.8. The lowest BCUT2D eigenvalue weighted by Gasteiger charge is -2.31. The third-order valence-corrected chi connectivity index (χ3v) is 7.15. The van der Waals surface area contributed by atoms with E-state index in [0.717, 1.165) is 25.7 Å². The van der Waals surface area contributed by atoms with Crippen LogP contribution in [-0.4, -0.2) is 41.8 Å². The maximum absolute atomic E-state index is 12.6. The molecule has 2 aromatic rings. The van der Waals surface area contributed by atoms with Crippen molar-refractivity contribution in [2.75, 3.05) is 13.2 Å². The average Bonchev–Trinajstić information content (AvgIpc) is 3.14. The minimum Gasteiger partial charge on any atom is -0.481 e. The Morgan fingerprint density at radius 1 is 0.943 bits per heavy atom. The predicted molar refractivity (Wildman–Crippen MR) is 133 cm³/mol. The Kier molecular flexibility index (Phi) is 7.43. The number of hydrogen-bond donors (Lipinski definition) is 3. The minimum atomic E-state index is -0.932. The second-order valence-corrected chi connectivity index (χ2v) is 10.4. The van der Waals surface area contributed by atoms with Crippen molar-refractivity contribution in [3.8, 4) is 11.1 Å². The number of aliphatic carboxylic acids is 1. The van der Waals surface area contributed by atoms with Crippen molar-refractivity contribution < 1.29 is 24.2 Å². The summed E-state index contributed by atoms with van der Waals surface area (Å²) in [6.07, 6.45) is 2.60. The van der Waals surface area contributed by atoms with Gasteiger partial charge in [0, 0.05) is 23.9 Å². The fraction of sp³-hybridized carbons (Fsp3) is 0.464. The van der Waals surface area contributed by atoms with E-state index in [9.17, 15) is 14.4 Å². The van der Waals surface area contributed by atoms with Gasteiger partial charge in [0.15, 0.2) is 0 Å². The number of fused-ring (bicyclic) bond motifs is 3. The van der Waals surface area contributed by atoms with Crippen molar-refractivity contribution >= 4 is 18.0 Å². The van der Waals surface area contributed by atoms with Crippen LogP contribution in [0.15, 0.2) is 48.5 Å². The summed E-state index contributed by atoms with van der Waals surface area (Å²) < 4.78 is 5.61. The van der Waals surface area contributed by atoms with Gasteiger partial charge >= 0.3 is 12.1 Å². The number of benzene rings is 2. The van der Waals surface area contributed by atoms with Crippen molar-refractivity contribution in [2.45, 2.75) is 57.4 Å². The Labute approximate surface area is 206 Å². The maximum atomic E-state index is 12.6. The van der Waals surface area contributed by atoms with Gasteiger partial charge in [-0.2, -0.15) is 0 Å². The fourth-order valence-corrected chi connectivity index (χ4v) is 5.36. The van der Waals surface area contributed by atoms with E-state index in [4.69, 9.17) is 9.84 Å². The SMILES string of the molecule is CC(C)(CC(=O)O)NC(=O)C1CCC(CNC(=O)OCC2c3ccccc3-c3ccccc32)CC1. The first-order valence-corrected chi connectivity index (χ1v) is 12.4. The normalized spacial score (nSPS) is 19.4. The number of ether oxygens (including phenoxy) is 1. The number of amides is 2. The highest BCUT2D eigenvalue weighted by molar-refractivity contribution is 5.81. The van der Waals surface area contributed by atoms with Crippen molar-refractivity contribution in [2.24, 2.45) is 11.8 Å². The van der Waals surface area contributed by atoms with Crippen molar-refractivity contribution in [3.63, 3.8) is 0 Å². The molecule has 2 aliphatic rings. The summed E-state index contributed by atoms with van der Waals surface area (Å²) in [5.41, 5.74) is 3.99. The quantitative estimate of drug-likeness (QED) is 0.510. The molecule has 7 nitrogen and oxygen atoms in total. The topological polar surface area (TPSA) is 105 Å². The smallest absolute Gasteiger partial charge is 0.407 e. The van der Waals surface area contributed by atoms with Crippen LogP contribution in [0.1, 0.15) is 63.0 Å². The van der Waals surface area contributed by atoms with E-state index in [1.165, 1.54) is 22.3 Å². The molecule has 1 fully saturated rings. The molecule has 0 heterocycles. The lowest BCUT2D eigenvalue weighted by molar-refractivity contribution is -0.139. The monoisotopic (exact) mass is 478 g/mol. The number of carbonyl (C=O) groups is 3. The van der Waals surface area contributed by atoms with Gasteiger partial charge in [0.1, 0.15) is 6.61 Å². The van der Waals surface area contributed by atoms with Crippen molar-refractivity contribution in [1.29, 1.82) is 0 Å². The van der Waals surface area contributed by atoms with Crippen molar-refractivity contribution in [3.05, 3.63) is 59.7 Å². The van der Waals surface area contributed by atoms with E-state index in [2.05, 4.69) is 34.9 Å². The maximum Gasteiger partial charge on any atom is 0.407 e. The van der Waals surface area contributed by atoms with Gasteiger partial charge in [-0.25, -0.2) is 4.79 Å². The van der Waals surface area contributed by atoms with E-state index >= 15 is 0 Å². The number of hydrogen-bond acceptors (Lipinski definition) is 4. The summed E-state index contributed by atoms with van der Waals surface area (Å²) in [5.74, 6) is -0.801. The van der Waals surface area contributed by atoms with Gasteiger partial charge < -0.3 is 20.5 Å². The lowest BCUT2D eigenvalue weighted by Crippen LogP contribution is -2.48.